The van der Waals surface area contributed by atoms with E-state index >= 15 is 0 Å². The van der Waals surface area contributed by atoms with E-state index in [-0.39, 0.29) is 5.97 Å². The molecule has 3 nitrogen and oxygen atoms in total. The summed E-state index contributed by atoms with van der Waals surface area (Å²) in [5.74, 6) is 0.584. The highest BCUT2D eigenvalue weighted by molar-refractivity contribution is 5.87. The first-order chi connectivity index (χ1) is 8.31. The van der Waals surface area contributed by atoms with E-state index in [4.69, 9.17) is 9.47 Å². The third kappa shape index (κ3) is 2.87. The molecule has 0 bridgehead atoms. The monoisotopic (exact) mass is 232 g/mol. The highest BCUT2D eigenvalue weighted by Crippen LogP contribution is 2.29. The van der Waals surface area contributed by atoms with Crippen molar-refractivity contribution in [2.75, 3.05) is 13.2 Å². The Morgan fingerprint density at radius 3 is 3.24 bits per heavy atom. The Kier molecular flexibility index (Phi) is 3.81. The summed E-state index contributed by atoms with van der Waals surface area (Å²) in [4.78, 5) is 11.2. The van der Waals surface area contributed by atoms with E-state index in [1.165, 1.54) is 11.6 Å². The molecule has 1 aliphatic rings. The molecule has 0 spiro atoms. The second kappa shape index (κ2) is 5.53. The molecule has 3 heteroatoms. The number of benzene rings is 1. The van der Waals surface area contributed by atoms with Crippen LogP contribution < -0.4 is 4.74 Å². The molecule has 0 atom stereocenters. The summed E-state index contributed by atoms with van der Waals surface area (Å²) in [6.45, 7) is 2.93. The van der Waals surface area contributed by atoms with Gasteiger partial charge in [-0.2, -0.15) is 0 Å². The van der Waals surface area contributed by atoms with Gasteiger partial charge >= 0.3 is 5.97 Å². The zero-order chi connectivity index (χ0) is 12.1. The fourth-order valence-electron chi connectivity index (χ4n) is 1.89. The van der Waals surface area contributed by atoms with E-state index in [1.807, 2.05) is 12.1 Å². The van der Waals surface area contributed by atoms with Gasteiger partial charge < -0.3 is 9.47 Å². The van der Waals surface area contributed by atoms with Gasteiger partial charge in [0.15, 0.2) is 0 Å². The number of hydrogen-bond acceptors (Lipinski definition) is 3. The van der Waals surface area contributed by atoms with Gasteiger partial charge in [0.1, 0.15) is 5.75 Å². The highest BCUT2D eigenvalue weighted by atomic mass is 16.5. The number of ether oxygens (including phenoxy) is 2. The number of hydrogen-bond donors (Lipinski definition) is 0. The lowest BCUT2D eigenvalue weighted by Crippen LogP contribution is -2.09. The first kappa shape index (κ1) is 11.7. The highest BCUT2D eigenvalue weighted by Gasteiger charge is 2.12. The van der Waals surface area contributed by atoms with Crippen molar-refractivity contribution in [1.82, 2.24) is 0 Å². The number of esters is 1. The SMILES string of the molecule is CCOC(=O)/C=C/c1cccc2c1OCCC2. The lowest BCUT2D eigenvalue weighted by atomic mass is 10.0. The van der Waals surface area contributed by atoms with Crippen LogP contribution in [0.4, 0.5) is 0 Å². The first-order valence-corrected chi connectivity index (χ1v) is 5.91. The molecule has 0 saturated heterocycles. The van der Waals surface area contributed by atoms with Crippen molar-refractivity contribution < 1.29 is 14.3 Å². The van der Waals surface area contributed by atoms with Crippen LogP contribution in [0.1, 0.15) is 24.5 Å². The molecule has 0 unspecified atom stereocenters. The van der Waals surface area contributed by atoms with Gasteiger partial charge in [-0.1, -0.05) is 18.2 Å². The molecule has 0 aliphatic carbocycles. The Morgan fingerprint density at radius 2 is 2.41 bits per heavy atom. The first-order valence-electron chi connectivity index (χ1n) is 5.91. The normalized spacial score (nSPS) is 14.2. The van der Waals surface area contributed by atoms with E-state index in [9.17, 15) is 4.79 Å². The molecular formula is C14H16O3. The average Bonchev–Trinajstić information content (AvgIpc) is 2.36. The fraction of sp³-hybridized carbons (Fsp3) is 0.357. The van der Waals surface area contributed by atoms with E-state index in [2.05, 4.69) is 6.07 Å². The minimum atomic E-state index is -0.319. The molecule has 0 amide bonds. The van der Waals surface area contributed by atoms with E-state index in [0.717, 1.165) is 30.8 Å². The molecular weight excluding hydrogens is 216 g/mol. The summed E-state index contributed by atoms with van der Waals surface area (Å²) in [5.41, 5.74) is 2.15. The Bertz CT molecular complexity index is 435. The number of para-hydroxylation sites is 1. The molecule has 2 rings (SSSR count). The predicted octanol–water partition coefficient (Wildman–Crippen LogP) is 2.59. The van der Waals surface area contributed by atoms with Crippen LogP contribution in [-0.2, 0) is 16.0 Å². The van der Waals surface area contributed by atoms with Crippen LogP contribution in [0, 0.1) is 0 Å². The number of carbonyl (C=O) groups is 1. The Hall–Kier alpha value is -1.77. The molecule has 0 radical (unpaired) electrons. The van der Waals surface area contributed by atoms with Crippen molar-refractivity contribution in [3.8, 4) is 5.75 Å². The zero-order valence-electron chi connectivity index (χ0n) is 9.94. The Labute approximate surface area is 101 Å². The zero-order valence-corrected chi connectivity index (χ0v) is 9.94. The Balaban J connectivity index is 2.18. The van der Waals surface area contributed by atoms with Gasteiger partial charge in [-0.05, 0) is 31.4 Å². The molecule has 0 fully saturated rings. The van der Waals surface area contributed by atoms with Crippen molar-refractivity contribution in [3.05, 3.63) is 35.4 Å². The predicted molar refractivity (Wildman–Crippen MR) is 65.9 cm³/mol. The van der Waals surface area contributed by atoms with Gasteiger partial charge in [-0.25, -0.2) is 4.79 Å². The number of aryl methyl sites for hydroxylation is 1. The van der Waals surface area contributed by atoms with Crippen molar-refractivity contribution >= 4 is 12.0 Å². The molecule has 90 valence electrons. The largest absolute Gasteiger partial charge is 0.493 e. The smallest absolute Gasteiger partial charge is 0.330 e. The lowest BCUT2D eigenvalue weighted by molar-refractivity contribution is -0.137. The van der Waals surface area contributed by atoms with Crippen LogP contribution in [0.2, 0.25) is 0 Å². The molecule has 17 heavy (non-hydrogen) atoms. The molecule has 1 aliphatic heterocycles. The van der Waals surface area contributed by atoms with Gasteiger partial charge in [-0.15, -0.1) is 0 Å². The maximum Gasteiger partial charge on any atom is 0.330 e. The summed E-state index contributed by atoms with van der Waals surface area (Å²) in [5, 5.41) is 0. The quantitative estimate of drug-likeness (QED) is 0.593. The van der Waals surface area contributed by atoms with Crippen LogP contribution >= 0.6 is 0 Å². The maximum absolute atomic E-state index is 11.2. The Morgan fingerprint density at radius 1 is 1.53 bits per heavy atom. The number of carbonyl (C=O) groups excluding carboxylic acids is 1. The van der Waals surface area contributed by atoms with Crippen molar-refractivity contribution in [3.63, 3.8) is 0 Å². The summed E-state index contributed by atoms with van der Waals surface area (Å²) >= 11 is 0. The second-order valence-corrected chi connectivity index (χ2v) is 3.87. The van der Waals surface area contributed by atoms with E-state index < -0.39 is 0 Å². The van der Waals surface area contributed by atoms with Crippen LogP contribution in [0.25, 0.3) is 6.08 Å². The van der Waals surface area contributed by atoms with E-state index in [1.54, 1.807) is 13.0 Å². The van der Waals surface area contributed by atoms with Gasteiger partial charge in [0.05, 0.1) is 13.2 Å². The molecule has 0 saturated carbocycles. The molecule has 0 aromatic heterocycles. The van der Waals surface area contributed by atoms with Gasteiger partial charge in [0.2, 0.25) is 0 Å². The summed E-state index contributed by atoms with van der Waals surface area (Å²) in [6, 6.07) is 5.99. The van der Waals surface area contributed by atoms with Gasteiger partial charge in [0.25, 0.3) is 0 Å². The topological polar surface area (TPSA) is 35.5 Å². The average molecular weight is 232 g/mol. The number of rotatable bonds is 3. The molecule has 0 N–H and O–H groups in total. The standard InChI is InChI=1S/C14H16O3/c1-2-16-13(15)9-8-12-6-3-5-11-7-4-10-17-14(11)12/h3,5-6,8-9H,2,4,7,10H2,1H3/b9-8+. The second-order valence-electron chi connectivity index (χ2n) is 3.87. The van der Waals surface area contributed by atoms with Crippen molar-refractivity contribution in [2.45, 2.75) is 19.8 Å². The molecule has 1 aromatic rings. The minimum Gasteiger partial charge on any atom is -0.493 e. The van der Waals surface area contributed by atoms with E-state index in [0.29, 0.717) is 6.61 Å². The number of fused-ring (bicyclic) bond motifs is 1. The van der Waals surface area contributed by atoms with Crippen LogP contribution in [0.15, 0.2) is 24.3 Å². The van der Waals surface area contributed by atoms with Crippen molar-refractivity contribution in [2.24, 2.45) is 0 Å². The maximum atomic E-state index is 11.2. The third-order valence-corrected chi connectivity index (χ3v) is 2.65. The third-order valence-electron chi connectivity index (χ3n) is 2.65. The van der Waals surface area contributed by atoms with Crippen molar-refractivity contribution in [1.29, 1.82) is 0 Å². The van der Waals surface area contributed by atoms with Crippen LogP contribution in [0.5, 0.6) is 5.75 Å². The summed E-state index contributed by atoms with van der Waals surface area (Å²) < 4.78 is 10.5. The minimum absolute atomic E-state index is 0.319. The fourth-order valence-corrected chi connectivity index (χ4v) is 1.89. The molecule has 1 aromatic carbocycles. The molecule has 1 heterocycles. The summed E-state index contributed by atoms with van der Waals surface area (Å²) in [6.07, 6.45) is 5.29. The van der Waals surface area contributed by atoms with Crippen LogP contribution in [-0.4, -0.2) is 19.2 Å². The van der Waals surface area contributed by atoms with Gasteiger partial charge in [-0.3, -0.25) is 0 Å². The summed E-state index contributed by atoms with van der Waals surface area (Å²) in [7, 11) is 0. The van der Waals surface area contributed by atoms with Crippen LogP contribution in [0.3, 0.4) is 0 Å². The van der Waals surface area contributed by atoms with Gasteiger partial charge in [0, 0.05) is 11.6 Å². The lowest BCUT2D eigenvalue weighted by Gasteiger charge is -2.18.